The molecule has 2 aliphatic rings. The van der Waals surface area contributed by atoms with Gasteiger partial charge in [0.25, 0.3) is 0 Å². The van der Waals surface area contributed by atoms with Crippen molar-refractivity contribution in [3.8, 4) is 11.5 Å². The Balaban J connectivity index is 1.66. The Labute approximate surface area is 140 Å². The van der Waals surface area contributed by atoms with Crippen molar-refractivity contribution in [1.29, 1.82) is 0 Å². The summed E-state index contributed by atoms with van der Waals surface area (Å²) >= 11 is 0. The average molecular weight is 335 g/mol. The van der Waals surface area contributed by atoms with Gasteiger partial charge < -0.3 is 24.2 Å². The number of aliphatic carboxylic acids is 1. The molecule has 3 rings (SSSR count). The molecule has 130 valence electrons. The van der Waals surface area contributed by atoms with Crippen LogP contribution in [0.1, 0.15) is 12.0 Å². The molecule has 7 nitrogen and oxygen atoms in total. The van der Waals surface area contributed by atoms with Crippen molar-refractivity contribution < 1.29 is 28.9 Å². The summed E-state index contributed by atoms with van der Waals surface area (Å²) in [5.41, 5.74) is -0.180. The lowest BCUT2D eigenvalue weighted by Crippen LogP contribution is -2.40. The largest absolute Gasteiger partial charge is 0.486 e. The first kappa shape index (κ1) is 16.6. The molecule has 2 aliphatic heterocycles. The summed E-state index contributed by atoms with van der Waals surface area (Å²) in [4.78, 5) is 25.7. The van der Waals surface area contributed by atoms with Gasteiger partial charge in [-0.3, -0.25) is 9.59 Å². The van der Waals surface area contributed by atoms with Crippen LogP contribution in [-0.2, 0) is 20.7 Å². The first-order valence-electron chi connectivity index (χ1n) is 7.93. The molecule has 1 amide bonds. The van der Waals surface area contributed by atoms with Crippen molar-refractivity contribution in [2.24, 2.45) is 5.41 Å². The van der Waals surface area contributed by atoms with Gasteiger partial charge in [-0.1, -0.05) is 6.07 Å². The van der Waals surface area contributed by atoms with Gasteiger partial charge in [-0.2, -0.15) is 0 Å². The Bertz CT molecular complexity index is 646. The topological polar surface area (TPSA) is 85.3 Å². The SMILES string of the molecule is COCC1(C(=O)O)CCN(C(=O)Cc2ccc3c(c2)OCCO3)C1. The Morgan fingerprint density at radius 3 is 2.75 bits per heavy atom. The molecule has 2 heterocycles. The molecule has 0 radical (unpaired) electrons. The zero-order valence-electron chi connectivity index (χ0n) is 13.6. The standard InChI is InChI=1S/C17H21NO6/c1-22-11-17(16(20)21)4-5-18(10-17)15(19)9-12-2-3-13-14(8-12)24-7-6-23-13/h2-3,8H,4-7,9-11H2,1H3,(H,20,21). The zero-order valence-corrected chi connectivity index (χ0v) is 13.6. The molecular weight excluding hydrogens is 314 g/mol. The second kappa shape index (κ2) is 6.68. The molecule has 1 atom stereocenters. The van der Waals surface area contributed by atoms with E-state index in [-0.39, 0.29) is 25.5 Å². The molecule has 0 aromatic heterocycles. The number of likely N-dealkylation sites (tertiary alicyclic amines) is 1. The maximum Gasteiger partial charge on any atom is 0.313 e. The number of fused-ring (bicyclic) bond motifs is 1. The molecule has 0 aliphatic carbocycles. The van der Waals surface area contributed by atoms with Crippen LogP contribution < -0.4 is 9.47 Å². The molecule has 1 fully saturated rings. The Kier molecular flexibility index (Phi) is 4.62. The summed E-state index contributed by atoms with van der Waals surface area (Å²) in [5.74, 6) is 0.320. The minimum absolute atomic E-state index is 0.0918. The fourth-order valence-corrected chi connectivity index (χ4v) is 3.20. The number of ether oxygens (including phenoxy) is 3. The van der Waals surface area contributed by atoms with E-state index in [2.05, 4.69) is 0 Å². The van der Waals surface area contributed by atoms with E-state index < -0.39 is 11.4 Å². The zero-order chi connectivity index (χ0) is 17.2. The van der Waals surface area contributed by atoms with E-state index in [9.17, 15) is 14.7 Å². The van der Waals surface area contributed by atoms with Gasteiger partial charge in [0, 0.05) is 20.2 Å². The number of carboxylic acids is 1. The van der Waals surface area contributed by atoms with E-state index in [4.69, 9.17) is 14.2 Å². The van der Waals surface area contributed by atoms with Crippen LogP contribution in [0, 0.1) is 5.41 Å². The lowest BCUT2D eigenvalue weighted by Gasteiger charge is -2.24. The lowest BCUT2D eigenvalue weighted by atomic mass is 9.88. The number of benzene rings is 1. The van der Waals surface area contributed by atoms with Crippen LogP contribution in [-0.4, -0.2) is 61.9 Å². The average Bonchev–Trinajstić information content (AvgIpc) is 3.01. The maximum absolute atomic E-state index is 12.5. The Hall–Kier alpha value is -2.28. The third-order valence-electron chi connectivity index (χ3n) is 4.54. The summed E-state index contributed by atoms with van der Waals surface area (Å²) in [6.07, 6.45) is 0.613. The summed E-state index contributed by atoms with van der Waals surface area (Å²) in [6.45, 7) is 1.74. The highest BCUT2D eigenvalue weighted by atomic mass is 16.6. The number of carboxylic acid groups (broad SMARTS) is 1. The number of methoxy groups -OCH3 is 1. The Morgan fingerprint density at radius 2 is 2.04 bits per heavy atom. The number of carbonyl (C=O) groups is 2. The maximum atomic E-state index is 12.5. The minimum atomic E-state index is -1.00. The van der Waals surface area contributed by atoms with Gasteiger partial charge in [0.05, 0.1) is 13.0 Å². The van der Waals surface area contributed by atoms with Crippen molar-refractivity contribution >= 4 is 11.9 Å². The van der Waals surface area contributed by atoms with Crippen LogP contribution in [0.3, 0.4) is 0 Å². The summed E-state index contributed by atoms with van der Waals surface area (Å²) < 4.78 is 16.0. The molecule has 0 saturated carbocycles. The Morgan fingerprint density at radius 1 is 1.29 bits per heavy atom. The summed E-state index contributed by atoms with van der Waals surface area (Å²) in [5, 5.41) is 9.47. The number of carbonyl (C=O) groups excluding carboxylic acids is 1. The first-order chi connectivity index (χ1) is 11.5. The fraction of sp³-hybridized carbons (Fsp3) is 0.529. The summed E-state index contributed by atoms with van der Waals surface area (Å²) in [6, 6.07) is 5.44. The second-order valence-electron chi connectivity index (χ2n) is 6.24. The molecule has 24 heavy (non-hydrogen) atoms. The van der Waals surface area contributed by atoms with Crippen LogP contribution in [0.15, 0.2) is 18.2 Å². The van der Waals surface area contributed by atoms with E-state index in [1.165, 1.54) is 7.11 Å². The highest BCUT2D eigenvalue weighted by Crippen LogP contribution is 2.33. The quantitative estimate of drug-likeness (QED) is 0.862. The van der Waals surface area contributed by atoms with Crippen LogP contribution >= 0.6 is 0 Å². The first-order valence-corrected chi connectivity index (χ1v) is 7.93. The van der Waals surface area contributed by atoms with Crippen LogP contribution in [0.2, 0.25) is 0 Å². The number of hydrogen-bond donors (Lipinski definition) is 1. The third-order valence-corrected chi connectivity index (χ3v) is 4.54. The third kappa shape index (κ3) is 3.17. The molecule has 1 unspecified atom stereocenters. The number of hydrogen-bond acceptors (Lipinski definition) is 5. The second-order valence-corrected chi connectivity index (χ2v) is 6.24. The number of nitrogens with zero attached hydrogens (tertiary/aromatic N) is 1. The summed E-state index contributed by atoms with van der Waals surface area (Å²) in [7, 11) is 1.48. The van der Waals surface area contributed by atoms with Gasteiger partial charge in [0.15, 0.2) is 11.5 Å². The molecular formula is C17H21NO6. The van der Waals surface area contributed by atoms with Crippen molar-refractivity contribution in [1.82, 2.24) is 4.90 Å². The van der Waals surface area contributed by atoms with Crippen molar-refractivity contribution in [2.45, 2.75) is 12.8 Å². The van der Waals surface area contributed by atoms with Gasteiger partial charge in [-0.25, -0.2) is 0 Å². The smallest absolute Gasteiger partial charge is 0.313 e. The predicted molar refractivity (Wildman–Crippen MR) is 84.3 cm³/mol. The predicted octanol–water partition coefficient (Wildman–Crippen LogP) is 0.950. The van der Waals surface area contributed by atoms with Gasteiger partial charge in [0.2, 0.25) is 5.91 Å². The van der Waals surface area contributed by atoms with Crippen molar-refractivity contribution in [2.75, 3.05) is 40.0 Å². The van der Waals surface area contributed by atoms with E-state index in [0.29, 0.717) is 37.7 Å². The van der Waals surface area contributed by atoms with Gasteiger partial charge in [-0.15, -0.1) is 0 Å². The highest BCUT2D eigenvalue weighted by molar-refractivity contribution is 5.82. The normalized spacial score (nSPS) is 22.5. The highest BCUT2D eigenvalue weighted by Gasteiger charge is 2.46. The van der Waals surface area contributed by atoms with Gasteiger partial charge in [-0.05, 0) is 24.1 Å². The fourth-order valence-electron chi connectivity index (χ4n) is 3.20. The van der Waals surface area contributed by atoms with Crippen LogP contribution in [0.25, 0.3) is 0 Å². The van der Waals surface area contributed by atoms with E-state index in [1.54, 1.807) is 11.0 Å². The van der Waals surface area contributed by atoms with Crippen LogP contribution in [0.4, 0.5) is 0 Å². The molecule has 1 aromatic carbocycles. The molecule has 7 heteroatoms. The van der Waals surface area contributed by atoms with E-state index in [1.807, 2.05) is 12.1 Å². The van der Waals surface area contributed by atoms with Crippen molar-refractivity contribution in [3.63, 3.8) is 0 Å². The van der Waals surface area contributed by atoms with Crippen molar-refractivity contribution in [3.05, 3.63) is 23.8 Å². The number of rotatable bonds is 5. The van der Waals surface area contributed by atoms with Gasteiger partial charge in [0.1, 0.15) is 18.6 Å². The van der Waals surface area contributed by atoms with Gasteiger partial charge >= 0.3 is 5.97 Å². The van der Waals surface area contributed by atoms with Crippen LogP contribution in [0.5, 0.6) is 11.5 Å². The monoisotopic (exact) mass is 335 g/mol. The molecule has 0 spiro atoms. The molecule has 0 bridgehead atoms. The van der Waals surface area contributed by atoms with E-state index >= 15 is 0 Å². The number of amides is 1. The lowest BCUT2D eigenvalue weighted by molar-refractivity contribution is -0.151. The molecule has 1 N–H and O–H groups in total. The molecule has 1 saturated heterocycles. The van der Waals surface area contributed by atoms with E-state index in [0.717, 1.165) is 5.56 Å². The minimum Gasteiger partial charge on any atom is -0.486 e. The molecule has 1 aromatic rings.